The fourth-order valence-corrected chi connectivity index (χ4v) is 10.3. The highest BCUT2D eigenvalue weighted by molar-refractivity contribution is 6.15. The van der Waals surface area contributed by atoms with E-state index in [1.165, 1.54) is 76.8 Å². The molecule has 11 aromatic carbocycles. The molecule has 0 saturated carbocycles. The average Bonchev–Trinajstić information content (AvgIpc) is 3.59. The average molecular weight is 831 g/mol. The smallest absolute Gasteiger partial charge is 0.0546 e. The van der Waals surface area contributed by atoms with Gasteiger partial charge in [-0.2, -0.15) is 0 Å². The minimum Gasteiger partial charge on any atom is -0.310 e. The summed E-state index contributed by atoms with van der Waals surface area (Å²) < 4.78 is 0. The Labute approximate surface area is 380 Å². The van der Waals surface area contributed by atoms with Crippen LogP contribution in [0, 0.1) is 0 Å². The number of nitrogens with zero attached hydrogens (tertiary/aromatic N) is 2. The molecule has 2 nitrogen and oxygen atoms in total. The van der Waals surface area contributed by atoms with Gasteiger partial charge >= 0.3 is 0 Å². The molecule has 0 aliphatic heterocycles. The van der Waals surface area contributed by atoms with Crippen molar-refractivity contribution < 1.29 is 0 Å². The third-order valence-electron chi connectivity index (χ3n) is 13.6. The van der Waals surface area contributed by atoms with Gasteiger partial charge in [-0.05, 0) is 138 Å². The van der Waals surface area contributed by atoms with Crippen molar-refractivity contribution in [2.75, 3.05) is 9.80 Å². The quantitative estimate of drug-likeness (QED) is 0.141. The van der Waals surface area contributed by atoms with Crippen LogP contribution in [0.3, 0.4) is 0 Å². The van der Waals surface area contributed by atoms with Gasteiger partial charge in [0.25, 0.3) is 0 Å². The monoisotopic (exact) mass is 830 g/mol. The zero-order valence-corrected chi connectivity index (χ0v) is 36.5. The number of hydrogen-bond donors (Lipinski definition) is 0. The molecular weight excluding hydrogens is 785 g/mol. The predicted molar refractivity (Wildman–Crippen MR) is 277 cm³/mol. The van der Waals surface area contributed by atoms with E-state index >= 15 is 0 Å². The van der Waals surface area contributed by atoms with Crippen molar-refractivity contribution in [1.29, 1.82) is 0 Å². The van der Waals surface area contributed by atoms with E-state index in [1.807, 2.05) is 0 Å². The van der Waals surface area contributed by atoms with E-state index < -0.39 is 0 Å². The Kier molecular flexibility index (Phi) is 9.21. The highest BCUT2D eigenvalue weighted by Crippen LogP contribution is 2.53. The summed E-state index contributed by atoms with van der Waals surface area (Å²) in [6, 6.07) is 89.0. The minimum atomic E-state index is -0.281. The molecule has 0 atom stereocenters. The number of anilines is 6. The Bertz CT molecular complexity index is 3470. The maximum absolute atomic E-state index is 2.48. The van der Waals surface area contributed by atoms with Gasteiger partial charge in [0.05, 0.1) is 5.69 Å². The van der Waals surface area contributed by atoms with Crippen LogP contribution in [0.25, 0.3) is 65.7 Å². The molecule has 0 aromatic heterocycles. The van der Waals surface area contributed by atoms with Crippen LogP contribution in [0.5, 0.6) is 0 Å². The lowest BCUT2D eigenvalue weighted by Crippen LogP contribution is -2.17. The van der Waals surface area contributed by atoms with Gasteiger partial charge in [0.15, 0.2) is 0 Å². The minimum absolute atomic E-state index is 0.281. The first-order valence-electron chi connectivity index (χ1n) is 22.6. The highest BCUT2D eigenvalue weighted by Gasteiger charge is 2.37. The summed E-state index contributed by atoms with van der Waals surface area (Å²) in [5.74, 6) is 0. The van der Waals surface area contributed by atoms with Gasteiger partial charge < -0.3 is 9.80 Å². The lowest BCUT2D eigenvalue weighted by atomic mass is 9.82. The number of fused-ring (bicyclic) bond motifs is 7. The maximum Gasteiger partial charge on any atom is 0.0546 e. The summed E-state index contributed by atoms with van der Waals surface area (Å²) in [6.45, 7) is 4.79. The molecule has 0 bridgehead atoms. The van der Waals surface area contributed by atoms with Crippen LogP contribution in [0.2, 0.25) is 0 Å². The molecule has 0 fully saturated rings. The van der Waals surface area contributed by atoms with Gasteiger partial charge in [0.1, 0.15) is 0 Å². The van der Waals surface area contributed by atoms with Crippen LogP contribution >= 0.6 is 0 Å². The first-order valence-corrected chi connectivity index (χ1v) is 22.6. The molecule has 0 saturated heterocycles. The summed E-state index contributed by atoms with van der Waals surface area (Å²) in [7, 11) is 0. The third-order valence-corrected chi connectivity index (χ3v) is 13.6. The molecule has 65 heavy (non-hydrogen) atoms. The standard InChI is InChI=1S/C63H46N2/c1-63(2)60-41-53(64(50-30-25-46(26-31-50)43-15-5-3-6-16-43)51-32-27-47(28-33-51)44-17-7-4-8-18-44)35-37-57(60)58-38-36-54(42-61(58)63)65(52-34-29-45-19-9-10-20-48(45)39-52)62-40-49-21-11-12-22-55(49)56-23-13-14-24-59(56)62/h3-42H,1-2H3. The fraction of sp³-hybridized carbons (Fsp3) is 0.0476. The van der Waals surface area contributed by atoms with E-state index in [-0.39, 0.29) is 5.41 Å². The molecule has 0 N–H and O–H groups in total. The van der Waals surface area contributed by atoms with Crippen LogP contribution < -0.4 is 9.80 Å². The van der Waals surface area contributed by atoms with Crippen molar-refractivity contribution >= 4 is 66.4 Å². The molecule has 12 rings (SSSR count). The second-order valence-electron chi connectivity index (χ2n) is 17.8. The SMILES string of the molecule is CC1(C)c2cc(N(c3ccc(-c4ccccc4)cc3)c3ccc(-c4ccccc4)cc3)ccc2-c2ccc(N(c3ccc4ccccc4c3)c3cc4ccccc4c4ccccc34)cc21. The molecule has 11 aromatic rings. The molecule has 0 amide bonds. The van der Waals surface area contributed by atoms with Crippen molar-refractivity contribution in [1.82, 2.24) is 0 Å². The van der Waals surface area contributed by atoms with Crippen molar-refractivity contribution in [3.8, 4) is 33.4 Å². The predicted octanol–water partition coefficient (Wildman–Crippen LogP) is 17.7. The van der Waals surface area contributed by atoms with Crippen molar-refractivity contribution in [3.05, 3.63) is 254 Å². The van der Waals surface area contributed by atoms with Gasteiger partial charge in [-0.3, -0.25) is 0 Å². The van der Waals surface area contributed by atoms with Gasteiger partial charge in [-0.15, -0.1) is 0 Å². The Hall–Kier alpha value is -8.20. The number of hydrogen-bond acceptors (Lipinski definition) is 2. The van der Waals surface area contributed by atoms with Crippen LogP contribution in [-0.4, -0.2) is 0 Å². The summed E-state index contributed by atoms with van der Waals surface area (Å²) >= 11 is 0. The molecule has 0 heterocycles. The maximum atomic E-state index is 2.48. The molecular formula is C63H46N2. The Morgan fingerprint density at radius 2 is 0.692 bits per heavy atom. The van der Waals surface area contributed by atoms with E-state index in [9.17, 15) is 0 Å². The van der Waals surface area contributed by atoms with Crippen LogP contribution in [0.15, 0.2) is 243 Å². The van der Waals surface area contributed by atoms with Gasteiger partial charge in [-0.25, -0.2) is 0 Å². The number of benzene rings is 11. The van der Waals surface area contributed by atoms with Gasteiger partial charge in [-0.1, -0.05) is 190 Å². The second kappa shape index (κ2) is 15.6. The van der Waals surface area contributed by atoms with Crippen LogP contribution in [0.4, 0.5) is 34.1 Å². The molecule has 2 heteroatoms. The topological polar surface area (TPSA) is 6.48 Å². The zero-order valence-electron chi connectivity index (χ0n) is 36.5. The molecule has 1 aliphatic carbocycles. The highest BCUT2D eigenvalue weighted by atomic mass is 15.1. The molecule has 0 radical (unpaired) electrons. The summed E-state index contributed by atoms with van der Waals surface area (Å²) in [5, 5.41) is 7.41. The van der Waals surface area contributed by atoms with Crippen molar-refractivity contribution in [2.45, 2.75) is 19.3 Å². The molecule has 1 aliphatic rings. The molecule has 0 spiro atoms. The molecule has 0 unspecified atom stereocenters. The Balaban J connectivity index is 0.985. The molecule has 308 valence electrons. The van der Waals surface area contributed by atoms with E-state index in [0.717, 1.165) is 34.1 Å². The Morgan fingerprint density at radius 3 is 1.28 bits per heavy atom. The van der Waals surface area contributed by atoms with Crippen molar-refractivity contribution in [3.63, 3.8) is 0 Å². The largest absolute Gasteiger partial charge is 0.310 e. The van der Waals surface area contributed by atoms with E-state index in [2.05, 4.69) is 266 Å². The summed E-state index contributed by atoms with van der Waals surface area (Å²) in [4.78, 5) is 4.88. The number of rotatable bonds is 8. The van der Waals surface area contributed by atoms with Crippen LogP contribution in [-0.2, 0) is 5.41 Å². The first-order chi connectivity index (χ1) is 32.0. The lowest BCUT2D eigenvalue weighted by Gasteiger charge is -2.30. The summed E-state index contributed by atoms with van der Waals surface area (Å²) in [6.07, 6.45) is 0. The van der Waals surface area contributed by atoms with Crippen LogP contribution in [0.1, 0.15) is 25.0 Å². The summed E-state index contributed by atoms with van der Waals surface area (Å²) in [5.41, 5.74) is 16.5. The van der Waals surface area contributed by atoms with E-state index in [0.29, 0.717) is 0 Å². The second-order valence-corrected chi connectivity index (χ2v) is 17.8. The van der Waals surface area contributed by atoms with Gasteiger partial charge in [0.2, 0.25) is 0 Å². The third kappa shape index (κ3) is 6.65. The Morgan fingerprint density at radius 1 is 0.277 bits per heavy atom. The zero-order chi connectivity index (χ0) is 43.5. The van der Waals surface area contributed by atoms with Gasteiger partial charge in [0, 0.05) is 39.2 Å². The fourth-order valence-electron chi connectivity index (χ4n) is 10.3. The normalized spacial score (nSPS) is 12.6. The first kappa shape index (κ1) is 38.5. The van der Waals surface area contributed by atoms with E-state index in [1.54, 1.807) is 0 Å². The van der Waals surface area contributed by atoms with Crippen molar-refractivity contribution in [2.24, 2.45) is 0 Å². The van der Waals surface area contributed by atoms with E-state index in [4.69, 9.17) is 0 Å². The lowest BCUT2D eigenvalue weighted by molar-refractivity contribution is 0.660.